The zero-order valence-electron chi connectivity index (χ0n) is 25.7. The van der Waals surface area contributed by atoms with E-state index in [1.807, 2.05) is 97.1 Å². The first-order valence-electron chi connectivity index (χ1n) is 15.8. The highest BCUT2D eigenvalue weighted by Gasteiger charge is 2.20. The Morgan fingerprint density at radius 1 is 0.408 bits per heavy atom. The third-order valence-electron chi connectivity index (χ3n) is 8.58. The second-order valence-electron chi connectivity index (χ2n) is 11.7. The lowest BCUT2D eigenvalue weighted by Crippen LogP contribution is -2.01. The molecule has 0 fully saturated rings. The molecule has 0 N–H and O–H groups in total. The highest BCUT2D eigenvalue weighted by atomic mass is 32.1. The van der Waals surface area contributed by atoms with Crippen LogP contribution in [0.5, 0.6) is 0 Å². The summed E-state index contributed by atoms with van der Waals surface area (Å²) in [6, 6.07) is 46.2. The predicted molar refractivity (Wildman–Crippen MR) is 195 cm³/mol. The van der Waals surface area contributed by atoms with Crippen molar-refractivity contribution in [1.29, 1.82) is 0 Å². The Bertz CT molecular complexity index is 2700. The van der Waals surface area contributed by atoms with Crippen LogP contribution < -0.4 is 0 Å². The summed E-state index contributed by atoms with van der Waals surface area (Å²) in [5, 5.41) is 2.31. The summed E-state index contributed by atoms with van der Waals surface area (Å²) >= 11 is 1.77. The average molecular weight is 650 g/mol. The average Bonchev–Trinajstić information content (AvgIpc) is 3.90. The Morgan fingerprint density at radius 3 is 1.65 bits per heavy atom. The highest BCUT2D eigenvalue weighted by molar-refractivity contribution is 7.25. The van der Waals surface area contributed by atoms with Gasteiger partial charge in [0.2, 0.25) is 11.8 Å². The van der Waals surface area contributed by atoms with Crippen LogP contribution in [0, 0.1) is 0 Å². The maximum atomic E-state index is 6.25. The predicted octanol–water partition coefficient (Wildman–Crippen LogP) is 10.9. The first-order valence-corrected chi connectivity index (χ1v) is 16.6. The molecule has 4 heterocycles. The Morgan fingerprint density at radius 2 is 0.959 bits per heavy atom. The van der Waals surface area contributed by atoms with Crippen LogP contribution in [0.1, 0.15) is 0 Å². The molecule has 0 aliphatic rings. The molecule has 10 aromatic rings. The number of benzene rings is 6. The number of aromatic nitrogens is 5. The summed E-state index contributed by atoms with van der Waals surface area (Å²) in [7, 11) is 0. The first kappa shape index (κ1) is 27.6. The van der Waals surface area contributed by atoms with Crippen LogP contribution in [0.25, 0.3) is 99.4 Å². The monoisotopic (exact) mass is 649 g/mol. The molecule has 0 aliphatic heterocycles. The van der Waals surface area contributed by atoms with Gasteiger partial charge in [-0.05, 0) is 54.6 Å². The van der Waals surface area contributed by atoms with Crippen molar-refractivity contribution in [3.05, 3.63) is 140 Å². The normalized spacial score (nSPS) is 11.7. The first-order chi connectivity index (χ1) is 24.2. The number of thiophene rings is 1. The molecule has 7 nitrogen and oxygen atoms in total. The van der Waals surface area contributed by atoms with Crippen molar-refractivity contribution in [3.63, 3.8) is 0 Å². The lowest BCUT2D eigenvalue weighted by molar-refractivity contribution is 0.617. The van der Waals surface area contributed by atoms with Crippen LogP contribution in [-0.4, -0.2) is 24.9 Å². The minimum atomic E-state index is 0.479. The fraction of sp³-hybridized carbons (Fsp3) is 0. The van der Waals surface area contributed by atoms with Gasteiger partial charge in [-0.3, -0.25) is 0 Å². The van der Waals surface area contributed by atoms with Gasteiger partial charge in [0.15, 0.2) is 28.6 Å². The van der Waals surface area contributed by atoms with Crippen molar-refractivity contribution in [2.45, 2.75) is 0 Å². The molecule has 0 unspecified atom stereocenters. The Hall–Kier alpha value is -6.51. The van der Waals surface area contributed by atoms with E-state index in [4.69, 9.17) is 33.8 Å². The van der Waals surface area contributed by atoms with Gasteiger partial charge in [0, 0.05) is 48.0 Å². The maximum absolute atomic E-state index is 6.25. The fourth-order valence-electron chi connectivity index (χ4n) is 6.30. The molecular weight excluding hydrogens is 627 g/mol. The second kappa shape index (κ2) is 11.0. The van der Waals surface area contributed by atoms with Gasteiger partial charge in [-0.1, -0.05) is 84.9 Å². The van der Waals surface area contributed by atoms with Crippen molar-refractivity contribution in [2.24, 2.45) is 0 Å². The van der Waals surface area contributed by atoms with Crippen molar-refractivity contribution >= 4 is 53.7 Å². The second-order valence-corrected chi connectivity index (χ2v) is 12.8. The number of hydrogen-bond acceptors (Lipinski definition) is 8. The van der Waals surface area contributed by atoms with Gasteiger partial charge >= 0.3 is 0 Å². The molecule has 0 amide bonds. The number of para-hydroxylation sites is 4. The molecule has 0 saturated carbocycles. The van der Waals surface area contributed by atoms with Crippen molar-refractivity contribution < 1.29 is 8.83 Å². The molecule has 0 spiro atoms. The van der Waals surface area contributed by atoms with Gasteiger partial charge in [0.25, 0.3) is 0 Å². The third-order valence-corrected chi connectivity index (χ3v) is 9.72. The number of fused-ring (bicyclic) bond motifs is 5. The SMILES string of the molecule is c1ccc(-c2nc(-c3cc(-c4nc5ccccc5o4)cc(-c4nc5ccccc5o4)c3)nc(-c3cccc4sc5ccccc5c34)n2)cc1. The van der Waals surface area contributed by atoms with Crippen LogP contribution in [0.2, 0.25) is 0 Å². The zero-order valence-corrected chi connectivity index (χ0v) is 26.6. The van der Waals surface area contributed by atoms with Crippen LogP contribution in [0.15, 0.2) is 148 Å². The zero-order chi connectivity index (χ0) is 32.3. The third kappa shape index (κ3) is 4.77. The Kier molecular flexibility index (Phi) is 6.22. The van der Waals surface area contributed by atoms with Gasteiger partial charge in [-0.15, -0.1) is 11.3 Å². The molecule has 230 valence electrons. The van der Waals surface area contributed by atoms with E-state index in [2.05, 4.69) is 42.5 Å². The molecule has 8 heteroatoms. The van der Waals surface area contributed by atoms with E-state index >= 15 is 0 Å². The van der Waals surface area contributed by atoms with Crippen LogP contribution in [-0.2, 0) is 0 Å². The summed E-state index contributed by atoms with van der Waals surface area (Å²) in [4.78, 5) is 24.9. The molecule has 0 atom stereocenters. The van der Waals surface area contributed by atoms with E-state index in [0.29, 0.717) is 40.4 Å². The topological polar surface area (TPSA) is 90.7 Å². The Balaban J connectivity index is 1.23. The molecule has 0 aliphatic carbocycles. The summed E-state index contributed by atoms with van der Waals surface area (Å²) in [5.74, 6) is 2.64. The molecule has 0 radical (unpaired) electrons. The highest BCUT2D eigenvalue weighted by Crippen LogP contribution is 2.40. The van der Waals surface area contributed by atoms with E-state index in [-0.39, 0.29) is 0 Å². The smallest absolute Gasteiger partial charge is 0.227 e. The minimum absolute atomic E-state index is 0.479. The quantitative estimate of drug-likeness (QED) is 0.183. The molecule has 4 aromatic heterocycles. The van der Waals surface area contributed by atoms with Gasteiger partial charge in [-0.25, -0.2) is 24.9 Å². The molecule has 49 heavy (non-hydrogen) atoms. The Labute approximate surface area is 283 Å². The van der Waals surface area contributed by atoms with Gasteiger partial charge in [-0.2, -0.15) is 0 Å². The van der Waals surface area contributed by atoms with E-state index in [1.54, 1.807) is 11.3 Å². The largest absolute Gasteiger partial charge is 0.436 e. The molecule has 0 bridgehead atoms. The summed E-state index contributed by atoms with van der Waals surface area (Å²) in [5.41, 5.74) is 7.05. The van der Waals surface area contributed by atoms with Crippen LogP contribution in [0.3, 0.4) is 0 Å². The lowest BCUT2D eigenvalue weighted by atomic mass is 10.0. The van der Waals surface area contributed by atoms with Gasteiger partial charge in [0.05, 0.1) is 0 Å². The minimum Gasteiger partial charge on any atom is -0.436 e. The molecule has 6 aromatic carbocycles. The maximum Gasteiger partial charge on any atom is 0.227 e. The van der Waals surface area contributed by atoms with E-state index in [1.165, 1.54) is 14.8 Å². The van der Waals surface area contributed by atoms with Crippen molar-refractivity contribution in [2.75, 3.05) is 0 Å². The van der Waals surface area contributed by atoms with Crippen LogP contribution in [0.4, 0.5) is 0 Å². The van der Waals surface area contributed by atoms with Gasteiger partial charge < -0.3 is 8.83 Å². The summed E-state index contributed by atoms with van der Waals surface area (Å²) < 4.78 is 14.9. The standard InChI is InChI=1S/C41H23N5O2S/c1-2-11-24(12-3-1)37-44-38(46-39(45-37)29-14-10-20-35-36(29)28-13-4-9-19-34(28)49-35)25-21-26(40-42-30-15-5-7-17-32(30)47-40)23-27(22-25)41-43-31-16-6-8-18-33(31)48-41/h1-23H. The number of rotatable bonds is 5. The van der Waals surface area contributed by atoms with E-state index in [0.717, 1.165) is 44.2 Å². The molecule has 0 saturated heterocycles. The summed E-state index contributed by atoms with van der Waals surface area (Å²) in [6.07, 6.45) is 0. The van der Waals surface area contributed by atoms with E-state index < -0.39 is 0 Å². The molecular formula is C41H23N5O2S. The number of oxazole rings is 2. The number of nitrogens with zero attached hydrogens (tertiary/aromatic N) is 5. The molecule has 10 rings (SSSR count). The van der Waals surface area contributed by atoms with Crippen LogP contribution >= 0.6 is 11.3 Å². The lowest BCUT2D eigenvalue weighted by Gasteiger charge is -2.11. The van der Waals surface area contributed by atoms with Crippen molar-refractivity contribution in [1.82, 2.24) is 24.9 Å². The number of hydrogen-bond donors (Lipinski definition) is 0. The van der Waals surface area contributed by atoms with Crippen molar-refractivity contribution in [3.8, 4) is 57.1 Å². The van der Waals surface area contributed by atoms with Gasteiger partial charge in [0.1, 0.15) is 11.0 Å². The fourth-order valence-corrected chi connectivity index (χ4v) is 7.43. The summed E-state index contributed by atoms with van der Waals surface area (Å²) in [6.45, 7) is 0. The van der Waals surface area contributed by atoms with E-state index in [9.17, 15) is 0 Å².